The molecule has 0 atom stereocenters. The molecule has 0 amide bonds. The lowest BCUT2D eigenvalue weighted by Crippen LogP contribution is -2.18. The van der Waals surface area contributed by atoms with E-state index in [2.05, 4.69) is 0 Å². The van der Waals surface area contributed by atoms with Gasteiger partial charge in [-0.3, -0.25) is 4.79 Å². The first-order valence-electron chi connectivity index (χ1n) is 10.2. The molecule has 1 heterocycles. The van der Waals surface area contributed by atoms with E-state index in [0.717, 1.165) is 16.3 Å². The molecule has 0 radical (unpaired) electrons. The summed E-state index contributed by atoms with van der Waals surface area (Å²) in [6.45, 7) is 0. The minimum atomic E-state index is -3.71. The molecule has 1 N–H and O–H groups in total. The van der Waals surface area contributed by atoms with E-state index in [1.165, 1.54) is 3.97 Å². The fourth-order valence-electron chi connectivity index (χ4n) is 3.83. The van der Waals surface area contributed by atoms with E-state index in [9.17, 15) is 13.2 Å². The molecule has 0 fully saturated rings. The van der Waals surface area contributed by atoms with Crippen molar-refractivity contribution in [2.75, 3.05) is 5.75 Å². The number of benzene rings is 3. The fraction of sp³-hybridized carbons (Fsp3) is 0.160. The molecule has 164 valence electrons. The number of hydrogen-bond acceptors (Lipinski definition) is 3. The van der Waals surface area contributed by atoms with E-state index in [-0.39, 0.29) is 12.2 Å². The van der Waals surface area contributed by atoms with Crippen LogP contribution in [0.15, 0.2) is 72.8 Å². The normalized spacial score (nSPS) is 12.2. The molecule has 0 aliphatic rings. The molecular weight excluding hydrogens is 446 g/mol. The summed E-state index contributed by atoms with van der Waals surface area (Å²) in [6, 6.07) is 20.8. The molecule has 4 aromatic rings. The molecule has 0 aliphatic heterocycles. The zero-order valence-electron chi connectivity index (χ0n) is 17.2. The molecule has 7 heteroatoms. The number of rotatable bonds is 8. The fourth-order valence-corrected chi connectivity index (χ4v) is 5.47. The lowest BCUT2D eigenvalue weighted by molar-refractivity contribution is -0.137. The number of aromatic nitrogens is 1. The highest BCUT2D eigenvalue weighted by Gasteiger charge is 2.20. The first-order chi connectivity index (χ1) is 15.3. The van der Waals surface area contributed by atoms with Crippen LogP contribution in [0.25, 0.3) is 27.8 Å². The van der Waals surface area contributed by atoms with Crippen molar-refractivity contribution in [3.05, 3.63) is 89.1 Å². The Morgan fingerprint density at radius 3 is 2.53 bits per heavy atom. The topological polar surface area (TPSA) is 76.4 Å². The van der Waals surface area contributed by atoms with Gasteiger partial charge in [-0.2, -0.15) is 0 Å². The van der Waals surface area contributed by atoms with Gasteiger partial charge in [0, 0.05) is 22.5 Å². The number of carboxylic acids is 1. The minimum Gasteiger partial charge on any atom is -0.481 e. The van der Waals surface area contributed by atoms with Gasteiger partial charge in [-0.25, -0.2) is 12.4 Å². The van der Waals surface area contributed by atoms with Crippen LogP contribution in [0.1, 0.15) is 24.1 Å². The Hall–Kier alpha value is -3.09. The lowest BCUT2D eigenvalue weighted by atomic mass is 10.1. The van der Waals surface area contributed by atoms with Crippen LogP contribution < -0.4 is 0 Å². The van der Waals surface area contributed by atoms with Crippen LogP contribution in [0.3, 0.4) is 0 Å². The number of fused-ring (bicyclic) bond motifs is 2. The summed E-state index contributed by atoms with van der Waals surface area (Å²) < 4.78 is 27.9. The molecule has 5 nitrogen and oxygen atoms in total. The van der Waals surface area contributed by atoms with Crippen LogP contribution >= 0.6 is 11.6 Å². The van der Waals surface area contributed by atoms with Crippen molar-refractivity contribution < 1.29 is 18.3 Å². The van der Waals surface area contributed by atoms with E-state index in [4.69, 9.17) is 16.7 Å². The van der Waals surface area contributed by atoms with Crippen LogP contribution in [-0.4, -0.2) is 29.2 Å². The number of aryl methyl sites for hydroxylation is 1. The van der Waals surface area contributed by atoms with Gasteiger partial charge < -0.3 is 5.11 Å². The van der Waals surface area contributed by atoms with E-state index < -0.39 is 16.0 Å². The third-order valence-electron chi connectivity index (χ3n) is 5.28. The van der Waals surface area contributed by atoms with Gasteiger partial charge in [0.25, 0.3) is 0 Å². The smallest absolute Gasteiger partial charge is 0.303 e. The lowest BCUT2D eigenvalue weighted by Gasteiger charge is -2.10. The van der Waals surface area contributed by atoms with Crippen LogP contribution in [0.2, 0.25) is 5.02 Å². The van der Waals surface area contributed by atoms with Gasteiger partial charge in [0.05, 0.1) is 11.3 Å². The van der Waals surface area contributed by atoms with E-state index >= 15 is 0 Å². The molecule has 3 aromatic carbocycles. The monoisotopic (exact) mass is 467 g/mol. The quantitative estimate of drug-likeness (QED) is 0.358. The Morgan fingerprint density at radius 2 is 1.75 bits per heavy atom. The largest absolute Gasteiger partial charge is 0.481 e. The zero-order chi connectivity index (χ0) is 22.7. The highest BCUT2D eigenvalue weighted by molar-refractivity contribution is 7.90. The second-order valence-electron chi connectivity index (χ2n) is 7.64. The second-order valence-corrected chi connectivity index (χ2v) is 9.94. The Kier molecular flexibility index (Phi) is 6.35. The molecule has 32 heavy (non-hydrogen) atoms. The van der Waals surface area contributed by atoms with Gasteiger partial charge in [0.15, 0.2) is 0 Å². The van der Waals surface area contributed by atoms with Gasteiger partial charge in [0.1, 0.15) is 0 Å². The third-order valence-corrected chi connectivity index (χ3v) is 7.12. The maximum absolute atomic E-state index is 13.3. The minimum absolute atomic E-state index is 0.0236. The predicted molar refractivity (Wildman–Crippen MR) is 130 cm³/mol. The SMILES string of the molecule is O=C(O)CCCc1cc2cc(Cl)ccc2n1S(=O)(=O)CC=Cc1ccc2ccccc2c1. The van der Waals surface area contributed by atoms with Gasteiger partial charge in [-0.05, 0) is 59.5 Å². The number of aliphatic carboxylic acids is 1. The van der Waals surface area contributed by atoms with Gasteiger partial charge in [-0.1, -0.05) is 60.2 Å². The summed E-state index contributed by atoms with van der Waals surface area (Å²) in [5.41, 5.74) is 2.02. The van der Waals surface area contributed by atoms with E-state index in [1.54, 1.807) is 36.4 Å². The number of hydrogen-bond donors (Lipinski definition) is 1. The first-order valence-corrected chi connectivity index (χ1v) is 12.2. The van der Waals surface area contributed by atoms with Crippen molar-refractivity contribution in [3.63, 3.8) is 0 Å². The average molecular weight is 468 g/mol. The predicted octanol–water partition coefficient (Wildman–Crippen LogP) is 5.75. The molecule has 0 aliphatic carbocycles. The molecule has 0 unspecified atom stereocenters. The summed E-state index contributed by atoms with van der Waals surface area (Å²) in [5, 5.41) is 12.4. The van der Waals surface area contributed by atoms with Crippen LogP contribution in [0.5, 0.6) is 0 Å². The Bertz CT molecular complexity index is 1440. The van der Waals surface area contributed by atoms with E-state index in [1.807, 2.05) is 42.5 Å². The highest BCUT2D eigenvalue weighted by Crippen LogP contribution is 2.27. The maximum atomic E-state index is 13.3. The van der Waals surface area contributed by atoms with Crippen molar-refractivity contribution in [1.82, 2.24) is 3.97 Å². The Morgan fingerprint density at radius 1 is 0.969 bits per heavy atom. The average Bonchev–Trinajstić information content (AvgIpc) is 3.11. The van der Waals surface area contributed by atoms with Crippen molar-refractivity contribution in [3.8, 4) is 0 Å². The molecule has 0 spiro atoms. The summed E-state index contributed by atoms with van der Waals surface area (Å²) in [7, 11) is -3.71. The Labute approximate surface area is 191 Å². The first kappa shape index (κ1) is 22.1. The van der Waals surface area contributed by atoms with Gasteiger partial charge in [-0.15, -0.1) is 0 Å². The summed E-state index contributed by atoms with van der Waals surface area (Å²) in [5.74, 6) is -1.09. The second kappa shape index (κ2) is 9.18. The van der Waals surface area contributed by atoms with E-state index in [0.29, 0.717) is 34.5 Å². The molecule has 1 aromatic heterocycles. The van der Waals surface area contributed by atoms with Crippen molar-refractivity contribution >= 4 is 55.3 Å². The van der Waals surface area contributed by atoms with Crippen LogP contribution in [0.4, 0.5) is 0 Å². The third kappa shape index (κ3) is 4.87. The molecule has 0 saturated heterocycles. The Balaban J connectivity index is 1.63. The number of carboxylic acid groups (broad SMARTS) is 1. The van der Waals surface area contributed by atoms with Crippen molar-refractivity contribution in [1.29, 1.82) is 0 Å². The summed E-state index contributed by atoms with van der Waals surface area (Å²) >= 11 is 6.09. The zero-order valence-corrected chi connectivity index (χ0v) is 18.8. The summed E-state index contributed by atoms with van der Waals surface area (Å²) in [6.07, 6.45) is 4.11. The molecule has 4 rings (SSSR count). The van der Waals surface area contributed by atoms with Gasteiger partial charge >= 0.3 is 5.97 Å². The van der Waals surface area contributed by atoms with Gasteiger partial charge in [0.2, 0.25) is 10.0 Å². The highest BCUT2D eigenvalue weighted by atomic mass is 35.5. The van der Waals surface area contributed by atoms with Crippen LogP contribution in [-0.2, 0) is 21.2 Å². The van der Waals surface area contributed by atoms with Crippen molar-refractivity contribution in [2.45, 2.75) is 19.3 Å². The standard InChI is InChI=1S/C25H22ClNO4S/c26-22-12-13-24-21(16-22)17-23(8-3-9-25(28)29)27(24)32(30,31)14-4-5-18-10-11-19-6-1-2-7-20(19)15-18/h1-2,4-7,10-13,15-17H,3,8-9,14H2,(H,28,29). The number of nitrogens with zero attached hydrogens (tertiary/aromatic N) is 1. The van der Waals surface area contributed by atoms with Crippen molar-refractivity contribution in [2.24, 2.45) is 0 Å². The summed E-state index contributed by atoms with van der Waals surface area (Å²) in [4.78, 5) is 10.9. The number of carbonyl (C=O) groups is 1. The number of halogens is 1. The van der Waals surface area contributed by atoms with Crippen LogP contribution in [0, 0.1) is 0 Å². The molecular formula is C25H22ClNO4S. The maximum Gasteiger partial charge on any atom is 0.303 e. The molecule has 0 saturated carbocycles. The molecule has 0 bridgehead atoms.